The van der Waals surface area contributed by atoms with Gasteiger partial charge in [0.2, 0.25) is 0 Å². The van der Waals surface area contributed by atoms with Crippen LogP contribution in [0, 0.1) is 13.8 Å². The van der Waals surface area contributed by atoms with Crippen molar-refractivity contribution in [2.75, 3.05) is 19.0 Å². The predicted octanol–water partition coefficient (Wildman–Crippen LogP) is 4.31. The minimum absolute atomic E-state index is 0.229. The van der Waals surface area contributed by atoms with Gasteiger partial charge >= 0.3 is 0 Å². The lowest BCUT2D eigenvalue weighted by atomic mass is 10.1. The van der Waals surface area contributed by atoms with E-state index in [-0.39, 0.29) is 5.91 Å². The number of carbonyl (C=O) groups is 1. The Bertz CT molecular complexity index is 1040. The van der Waals surface area contributed by atoms with Gasteiger partial charge in [-0.2, -0.15) is 4.99 Å². The van der Waals surface area contributed by atoms with Crippen LogP contribution in [-0.2, 0) is 6.54 Å². The molecule has 0 spiro atoms. The first-order chi connectivity index (χ1) is 12.4. The number of amides is 1. The highest BCUT2D eigenvalue weighted by molar-refractivity contribution is 7.16. The summed E-state index contributed by atoms with van der Waals surface area (Å²) < 4.78 is 3.18. The number of carbonyl (C=O) groups excluding carboxylic acids is 1. The van der Waals surface area contributed by atoms with Crippen molar-refractivity contribution in [3.8, 4) is 0 Å². The van der Waals surface area contributed by atoms with E-state index in [2.05, 4.69) is 37.6 Å². The van der Waals surface area contributed by atoms with Gasteiger partial charge in [-0.15, -0.1) is 6.58 Å². The van der Waals surface area contributed by atoms with E-state index < -0.39 is 0 Å². The van der Waals surface area contributed by atoms with Gasteiger partial charge in [-0.25, -0.2) is 0 Å². The minimum Gasteiger partial charge on any atom is -0.378 e. The van der Waals surface area contributed by atoms with Crippen LogP contribution in [0.3, 0.4) is 0 Å². The van der Waals surface area contributed by atoms with Crippen LogP contribution in [0.1, 0.15) is 21.5 Å². The summed E-state index contributed by atoms with van der Waals surface area (Å²) in [6, 6.07) is 11.8. The Labute approximate surface area is 157 Å². The Morgan fingerprint density at radius 3 is 2.46 bits per heavy atom. The maximum atomic E-state index is 12.6. The zero-order valence-electron chi connectivity index (χ0n) is 15.6. The topological polar surface area (TPSA) is 37.6 Å². The Morgan fingerprint density at radius 1 is 1.19 bits per heavy atom. The molecule has 0 aliphatic heterocycles. The molecule has 0 saturated carbocycles. The largest absolute Gasteiger partial charge is 0.378 e. The van der Waals surface area contributed by atoms with Gasteiger partial charge in [0.05, 0.1) is 10.2 Å². The van der Waals surface area contributed by atoms with Crippen LogP contribution in [-0.4, -0.2) is 24.6 Å². The molecule has 5 heteroatoms. The summed E-state index contributed by atoms with van der Waals surface area (Å²) in [5.41, 5.74) is 5.20. The maximum Gasteiger partial charge on any atom is 0.279 e. The van der Waals surface area contributed by atoms with Gasteiger partial charge in [-0.3, -0.25) is 4.79 Å². The molecule has 0 unspecified atom stereocenters. The standard InChI is InChI=1S/C21H23N3OS/c1-6-11-24-18-12-14(2)15(3)13-19(18)26-21(24)22-20(25)16-7-9-17(10-8-16)23(4)5/h6-10,12-13H,1,11H2,2-5H3. The van der Waals surface area contributed by atoms with Crippen LogP contribution >= 0.6 is 11.3 Å². The fraction of sp³-hybridized carbons (Fsp3) is 0.238. The van der Waals surface area contributed by atoms with E-state index in [1.54, 1.807) is 0 Å². The molecule has 0 saturated heterocycles. The summed E-state index contributed by atoms with van der Waals surface area (Å²) in [5, 5.41) is 0. The Balaban J connectivity index is 2.09. The molecule has 3 rings (SSSR count). The lowest BCUT2D eigenvalue weighted by molar-refractivity contribution is 0.0998. The molecule has 134 valence electrons. The number of allylic oxidation sites excluding steroid dienone is 1. The van der Waals surface area contributed by atoms with Crippen molar-refractivity contribution in [1.82, 2.24) is 4.57 Å². The molecule has 0 aliphatic carbocycles. The van der Waals surface area contributed by atoms with Crippen molar-refractivity contribution in [3.63, 3.8) is 0 Å². The number of benzene rings is 2. The van der Waals surface area contributed by atoms with Crippen molar-refractivity contribution in [3.05, 3.63) is 70.5 Å². The third-order valence-corrected chi connectivity index (χ3v) is 5.48. The molecule has 26 heavy (non-hydrogen) atoms. The maximum absolute atomic E-state index is 12.6. The number of rotatable bonds is 4. The van der Waals surface area contributed by atoms with Gasteiger partial charge < -0.3 is 9.47 Å². The van der Waals surface area contributed by atoms with Crippen LogP contribution in [0.5, 0.6) is 0 Å². The summed E-state index contributed by atoms with van der Waals surface area (Å²) in [7, 11) is 3.95. The van der Waals surface area contributed by atoms with E-state index in [1.165, 1.54) is 22.5 Å². The second-order valence-corrected chi connectivity index (χ2v) is 7.56. The molecule has 0 aliphatic rings. The fourth-order valence-electron chi connectivity index (χ4n) is 2.77. The molecular formula is C21H23N3OS. The van der Waals surface area contributed by atoms with Crippen molar-refractivity contribution >= 4 is 33.1 Å². The lowest BCUT2D eigenvalue weighted by Gasteiger charge is -2.11. The molecule has 0 fully saturated rings. The van der Waals surface area contributed by atoms with Gasteiger partial charge in [0.1, 0.15) is 0 Å². The van der Waals surface area contributed by atoms with Crippen molar-refractivity contribution in [2.24, 2.45) is 4.99 Å². The van der Waals surface area contributed by atoms with E-state index in [0.29, 0.717) is 16.9 Å². The highest BCUT2D eigenvalue weighted by Crippen LogP contribution is 2.22. The summed E-state index contributed by atoms with van der Waals surface area (Å²) >= 11 is 1.54. The van der Waals surface area contributed by atoms with Crippen LogP contribution in [0.15, 0.2) is 54.0 Å². The first kappa shape index (κ1) is 18.1. The quantitative estimate of drug-likeness (QED) is 0.646. The number of anilines is 1. The number of fused-ring (bicyclic) bond motifs is 1. The van der Waals surface area contributed by atoms with Crippen molar-refractivity contribution in [1.29, 1.82) is 0 Å². The molecule has 2 aromatic carbocycles. The van der Waals surface area contributed by atoms with Gasteiger partial charge in [-0.1, -0.05) is 17.4 Å². The first-order valence-corrected chi connectivity index (χ1v) is 9.30. The van der Waals surface area contributed by atoms with E-state index in [4.69, 9.17) is 0 Å². The highest BCUT2D eigenvalue weighted by Gasteiger charge is 2.10. The third-order valence-electron chi connectivity index (χ3n) is 4.44. The van der Waals surface area contributed by atoms with Crippen LogP contribution in [0.2, 0.25) is 0 Å². The fourth-order valence-corrected chi connectivity index (χ4v) is 3.88. The van der Waals surface area contributed by atoms with E-state index in [0.717, 1.165) is 15.9 Å². The zero-order valence-corrected chi connectivity index (χ0v) is 16.4. The predicted molar refractivity (Wildman–Crippen MR) is 110 cm³/mol. The molecule has 4 nitrogen and oxygen atoms in total. The number of thiazole rings is 1. The number of nitrogens with zero attached hydrogens (tertiary/aromatic N) is 3. The van der Waals surface area contributed by atoms with Crippen LogP contribution < -0.4 is 9.70 Å². The Hall–Kier alpha value is -2.66. The van der Waals surface area contributed by atoms with Gasteiger partial charge in [0.15, 0.2) is 4.80 Å². The molecule has 1 heterocycles. The average Bonchev–Trinajstić information content (AvgIpc) is 2.92. The number of aryl methyl sites for hydroxylation is 2. The number of aromatic nitrogens is 1. The van der Waals surface area contributed by atoms with E-state index in [9.17, 15) is 4.79 Å². The Kier molecular flexibility index (Phi) is 5.09. The van der Waals surface area contributed by atoms with Crippen LogP contribution in [0.4, 0.5) is 5.69 Å². The minimum atomic E-state index is -0.229. The summed E-state index contributed by atoms with van der Waals surface area (Å²) in [6.45, 7) is 8.65. The second-order valence-electron chi connectivity index (χ2n) is 6.55. The molecule has 0 radical (unpaired) electrons. The van der Waals surface area contributed by atoms with Crippen molar-refractivity contribution < 1.29 is 4.79 Å². The van der Waals surface area contributed by atoms with Gasteiger partial charge in [0.25, 0.3) is 5.91 Å². The second kappa shape index (κ2) is 7.30. The van der Waals surface area contributed by atoms with Gasteiger partial charge in [0, 0.05) is 31.9 Å². The summed E-state index contributed by atoms with van der Waals surface area (Å²) in [4.78, 5) is 19.8. The monoisotopic (exact) mass is 365 g/mol. The number of hydrogen-bond donors (Lipinski definition) is 0. The third kappa shape index (κ3) is 3.48. The Morgan fingerprint density at radius 2 is 1.85 bits per heavy atom. The molecule has 1 aromatic heterocycles. The molecule has 1 amide bonds. The average molecular weight is 366 g/mol. The van der Waals surface area contributed by atoms with E-state index in [1.807, 2.05) is 53.9 Å². The van der Waals surface area contributed by atoms with Crippen molar-refractivity contribution in [2.45, 2.75) is 20.4 Å². The first-order valence-electron chi connectivity index (χ1n) is 8.48. The molecule has 0 N–H and O–H groups in total. The summed E-state index contributed by atoms with van der Waals surface area (Å²) in [5.74, 6) is -0.229. The SMILES string of the molecule is C=CCn1c(=NC(=O)c2ccc(N(C)C)cc2)sc2cc(C)c(C)cc21. The number of hydrogen-bond acceptors (Lipinski definition) is 3. The molecule has 0 atom stereocenters. The van der Waals surface area contributed by atoms with Gasteiger partial charge in [-0.05, 0) is 61.4 Å². The van der Waals surface area contributed by atoms with E-state index >= 15 is 0 Å². The summed E-state index contributed by atoms with van der Waals surface area (Å²) in [6.07, 6.45) is 1.83. The smallest absolute Gasteiger partial charge is 0.279 e. The van der Waals surface area contributed by atoms with Crippen LogP contribution in [0.25, 0.3) is 10.2 Å². The molecule has 3 aromatic rings. The molecule has 0 bridgehead atoms. The molecular weight excluding hydrogens is 342 g/mol. The lowest BCUT2D eigenvalue weighted by Crippen LogP contribution is -2.16. The zero-order chi connectivity index (χ0) is 18.8. The normalized spacial score (nSPS) is 11.8. The highest BCUT2D eigenvalue weighted by atomic mass is 32.1.